The molecular formula is C15H16FN3OS2. The largest absolute Gasteiger partial charge is 0.325 e. The number of nitrogens with one attached hydrogen (secondary N) is 2. The normalized spacial score (nSPS) is 22.5. The molecule has 0 unspecified atom stereocenters. The third-order valence-corrected chi connectivity index (χ3v) is 5.46. The second-order valence-corrected chi connectivity index (χ2v) is 7.04. The van der Waals surface area contributed by atoms with Crippen LogP contribution in [0.15, 0.2) is 41.8 Å². The van der Waals surface area contributed by atoms with Crippen LogP contribution in [0.4, 0.5) is 10.1 Å². The highest BCUT2D eigenvalue weighted by molar-refractivity contribution is 7.95. The van der Waals surface area contributed by atoms with Crippen LogP contribution < -0.4 is 10.0 Å². The van der Waals surface area contributed by atoms with E-state index >= 15 is 0 Å². The molecule has 0 aliphatic carbocycles. The van der Waals surface area contributed by atoms with Crippen molar-refractivity contribution in [3.8, 4) is 0 Å². The summed E-state index contributed by atoms with van der Waals surface area (Å²) in [6, 6.07) is 9.81. The topological polar surface area (TPSA) is 44.4 Å². The lowest BCUT2D eigenvalue weighted by Crippen LogP contribution is -2.45. The zero-order chi connectivity index (χ0) is 15.5. The third-order valence-electron chi connectivity index (χ3n) is 3.54. The second-order valence-electron chi connectivity index (χ2n) is 5.07. The van der Waals surface area contributed by atoms with Crippen molar-refractivity contribution in [2.24, 2.45) is 0 Å². The monoisotopic (exact) mass is 337 g/mol. The number of amides is 1. The Morgan fingerprint density at radius 2 is 2.14 bits per heavy atom. The van der Waals surface area contributed by atoms with Crippen molar-refractivity contribution in [2.75, 3.05) is 12.4 Å². The Kier molecular flexibility index (Phi) is 4.77. The maximum absolute atomic E-state index is 12.9. The molecule has 1 aliphatic heterocycles. The first-order chi connectivity index (χ1) is 10.6. The van der Waals surface area contributed by atoms with Gasteiger partial charge in [-0.2, -0.15) is 0 Å². The van der Waals surface area contributed by atoms with Crippen LogP contribution in [0.1, 0.15) is 17.3 Å². The lowest BCUT2D eigenvalue weighted by molar-refractivity contribution is -0.119. The Labute approximate surface area is 137 Å². The van der Waals surface area contributed by atoms with Crippen molar-refractivity contribution >= 4 is 35.1 Å². The molecule has 1 fully saturated rings. The maximum atomic E-state index is 12.9. The molecule has 0 saturated carbocycles. The van der Waals surface area contributed by atoms with Gasteiger partial charge in [0.25, 0.3) is 0 Å². The Balaban J connectivity index is 1.68. The summed E-state index contributed by atoms with van der Waals surface area (Å²) in [5.41, 5.74) is 0.607. The van der Waals surface area contributed by atoms with Crippen molar-refractivity contribution in [3.63, 3.8) is 0 Å². The van der Waals surface area contributed by atoms with Crippen LogP contribution in [0.2, 0.25) is 0 Å². The molecule has 1 aliphatic rings. The van der Waals surface area contributed by atoms with E-state index in [1.54, 1.807) is 23.5 Å². The van der Waals surface area contributed by atoms with E-state index in [1.165, 1.54) is 29.1 Å². The molecule has 0 radical (unpaired) electrons. The van der Waals surface area contributed by atoms with E-state index in [1.807, 2.05) is 22.8 Å². The number of carbonyl (C=O) groups is 1. The minimum absolute atomic E-state index is 0.0790. The van der Waals surface area contributed by atoms with Crippen LogP contribution in [-0.4, -0.2) is 23.3 Å². The summed E-state index contributed by atoms with van der Waals surface area (Å²) >= 11 is 3.13. The minimum Gasteiger partial charge on any atom is -0.325 e. The number of hydrogen-bond acceptors (Lipinski definition) is 5. The number of halogens is 1. The maximum Gasteiger partial charge on any atom is 0.242 e. The molecule has 1 aromatic heterocycles. The molecule has 2 atom stereocenters. The van der Waals surface area contributed by atoms with Gasteiger partial charge in [0.2, 0.25) is 5.91 Å². The van der Waals surface area contributed by atoms with Gasteiger partial charge in [-0.15, -0.1) is 11.3 Å². The first-order valence-corrected chi connectivity index (χ1v) is 8.54. The van der Waals surface area contributed by atoms with Gasteiger partial charge < -0.3 is 5.32 Å². The predicted octanol–water partition coefficient (Wildman–Crippen LogP) is 3.42. The zero-order valence-corrected chi connectivity index (χ0v) is 13.6. The van der Waals surface area contributed by atoms with E-state index in [4.69, 9.17) is 0 Å². The minimum atomic E-state index is -0.315. The Morgan fingerprint density at radius 1 is 1.36 bits per heavy atom. The summed E-state index contributed by atoms with van der Waals surface area (Å²) in [6.45, 7) is 0. The van der Waals surface area contributed by atoms with Gasteiger partial charge in [0, 0.05) is 22.7 Å². The van der Waals surface area contributed by atoms with E-state index in [2.05, 4.69) is 16.1 Å². The standard InChI is InChI=1S/C15H16FN3OS2/c1-19-13(9-12(18-22-19)14-3-2-8-21-14)15(20)17-11-6-4-10(16)5-7-11/h2-8,12-13,18H,9H2,1H3,(H,17,20)/t12-,13+/m0/s1. The van der Waals surface area contributed by atoms with Gasteiger partial charge >= 0.3 is 0 Å². The summed E-state index contributed by atoms with van der Waals surface area (Å²) in [4.78, 5) is 13.7. The van der Waals surface area contributed by atoms with Gasteiger partial charge in [-0.25, -0.2) is 13.4 Å². The fourth-order valence-electron chi connectivity index (χ4n) is 2.32. The molecule has 2 N–H and O–H groups in total. The third kappa shape index (κ3) is 3.49. The first-order valence-electron chi connectivity index (χ1n) is 6.88. The number of rotatable bonds is 3. The van der Waals surface area contributed by atoms with Gasteiger partial charge in [-0.1, -0.05) is 6.07 Å². The van der Waals surface area contributed by atoms with Gasteiger partial charge in [0.05, 0.1) is 6.04 Å². The van der Waals surface area contributed by atoms with Gasteiger partial charge in [0.15, 0.2) is 0 Å². The van der Waals surface area contributed by atoms with Crippen LogP contribution >= 0.6 is 23.5 Å². The highest BCUT2D eigenvalue weighted by Crippen LogP contribution is 2.33. The van der Waals surface area contributed by atoms with Crippen molar-refractivity contribution in [1.82, 2.24) is 9.03 Å². The Morgan fingerprint density at radius 3 is 2.82 bits per heavy atom. The number of carbonyl (C=O) groups excluding carboxylic acids is 1. The molecule has 0 bridgehead atoms. The van der Waals surface area contributed by atoms with Gasteiger partial charge in [-0.05, 0) is 49.2 Å². The SMILES string of the molecule is CN1SN[C@H](c2cccs2)C[C@@H]1C(=O)Nc1ccc(F)cc1. The smallest absolute Gasteiger partial charge is 0.242 e. The van der Waals surface area contributed by atoms with E-state index in [-0.39, 0.29) is 23.8 Å². The number of benzene rings is 1. The molecule has 2 aromatic rings. The van der Waals surface area contributed by atoms with Crippen LogP contribution in [0.5, 0.6) is 0 Å². The number of hydrogen-bond donors (Lipinski definition) is 2. The summed E-state index contributed by atoms with van der Waals surface area (Å²) in [5, 5.41) is 4.89. The first kappa shape index (κ1) is 15.5. The van der Waals surface area contributed by atoms with Crippen LogP contribution in [0.3, 0.4) is 0 Å². The molecule has 2 heterocycles. The fourth-order valence-corrected chi connectivity index (χ4v) is 4.02. The van der Waals surface area contributed by atoms with E-state index in [0.717, 1.165) is 0 Å². The van der Waals surface area contributed by atoms with Crippen molar-refractivity contribution < 1.29 is 9.18 Å². The average molecular weight is 337 g/mol. The van der Waals surface area contributed by atoms with E-state index in [0.29, 0.717) is 12.1 Å². The molecule has 0 spiro atoms. The molecule has 4 nitrogen and oxygen atoms in total. The molecule has 3 rings (SSSR count). The molecule has 7 heteroatoms. The van der Waals surface area contributed by atoms with Crippen LogP contribution in [0.25, 0.3) is 0 Å². The summed E-state index contributed by atoms with van der Waals surface area (Å²) in [7, 11) is 1.89. The average Bonchev–Trinajstić information content (AvgIpc) is 3.04. The van der Waals surface area contributed by atoms with Gasteiger partial charge in [0.1, 0.15) is 11.9 Å². The number of likely N-dealkylation sites (N-methyl/N-ethyl adjacent to an activating group) is 1. The lowest BCUT2D eigenvalue weighted by Gasteiger charge is -2.35. The quantitative estimate of drug-likeness (QED) is 0.843. The van der Waals surface area contributed by atoms with Crippen molar-refractivity contribution in [1.29, 1.82) is 0 Å². The highest BCUT2D eigenvalue weighted by Gasteiger charge is 2.33. The number of thiophene rings is 1. The molecule has 116 valence electrons. The molecule has 1 amide bonds. The zero-order valence-electron chi connectivity index (χ0n) is 12.0. The Hall–Kier alpha value is -1.41. The van der Waals surface area contributed by atoms with Crippen LogP contribution in [-0.2, 0) is 4.79 Å². The molecular weight excluding hydrogens is 321 g/mol. The Bertz CT molecular complexity index is 633. The number of anilines is 1. The molecule has 1 saturated heterocycles. The predicted molar refractivity (Wildman–Crippen MR) is 89.0 cm³/mol. The molecule has 1 aromatic carbocycles. The summed E-state index contributed by atoms with van der Waals surface area (Å²) in [6.07, 6.45) is 0.692. The van der Waals surface area contributed by atoms with E-state index < -0.39 is 0 Å². The fraction of sp³-hybridized carbons (Fsp3) is 0.267. The second kappa shape index (κ2) is 6.78. The summed E-state index contributed by atoms with van der Waals surface area (Å²) < 4.78 is 18.2. The summed E-state index contributed by atoms with van der Waals surface area (Å²) in [5.74, 6) is -0.394. The highest BCUT2D eigenvalue weighted by atomic mass is 32.2. The lowest BCUT2D eigenvalue weighted by atomic mass is 10.1. The molecule has 22 heavy (non-hydrogen) atoms. The van der Waals surface area contributed by atoms with Crippen molar-refractivity contribution in [3.05, 3.63) is 52.5 Å². The van der Waals surface area contributed by atoms with E-state index in [9.17, 15) is 9.18 Å². The van der Waals surface area contributed by atoms with Gasteiger partial charge in [-0.3, -0.25) is 4.79 Å². The van der Waals surface area contributed by atoms with Crippen molar-refractivity contribution in [2.45, 2.75) is 18.5 Å². The van der Waals surface area contributed by atoms with Crippen LogP contribution in [0, 0.1) is 5.82 Å². The number of nitrogens with zero attached hydrogens (tertiary/aromatic N) is 1.